The summed E-state index contributed by atoms with van der Waals surface area (Å²) >= 11 is 0. The van der Waals surface area contributed by atoms with Crippen molar-refractivity contribution in [3.63, 3.8) is 0 Å². The molecule has 0 aromatic heterocycles. The van der Waals surface area contributed by atoms with E-state index < -0.39 is 0 Å². The Morgan fingerprint density at radius 2 is 1.81 bits per heavy atom. The average Bonchev–Trinajstić information content (AvgIpc) is 2.66. The molecule has 26 heavy (non-hydrogen) atoms. The number of ether oxygens (including phenoxy) is 3. The highest BCUT2D eigenvalue weighted by Gasteiger charge is 2.20. The minimum atomic E-state index is 0.0871. The third-order valence-electron chi connectivity index (χ3n) is 4.56. The van der Waals surface area contributed by atoms with Crippen LogP contribution in [0.15, 0.2) is 18.2 Å². The van der Waals surface area contributed by atoms with E-state index in [1.807, 2.05) is 18.2 Å². The van der Waals surface area contributed by atoms with Crippen molar-refractivity contribution in [3.05, 3.63) is 23.8 Å². The number of carbonyl (C=O) groups is 1. The van der Waals surface area contributed by atoms with Crippen LogP contribution < -0.4 is 14.8 Å². The SMILES string of the molecule is COCCCNC(=O)CN1CCN(Cc2cc(OC)ccc2OC)CC1. The van der Waals surface area contributed by atoms with Crippen LogP contribution in [0.4, 0.5) is 0 Å². The van der Waals surface area contributed by atoms with E-state index >= 15 is 0 Å². The maximum Gasteiger partial charge on any atom is 0.234 e. The molecule has 0 atom stereocenters. The van der Waals surface area contributed by atoms with Crippen LogP contribution in [0.25, 0.3) is 0 Å². The Labute approximate surface area is 156 Å². The van der Waals surface area contributed by atoms with Crippen LogP contribution in [0.3, 0.4) is 0 Å². The zero-order chi connectivity index (χ0) is 18.8. The van der Waals surface area contributed by atoms with Crippen LogP contribution >= 0.6 is 0 Å². The number of methoxy groups -OCH3 is 3. The Morgan fingerprint density at radius 3 is 2.46 bits per heavy atom. The van der Waals surface area contributed by atoms with Crippen LogP contribution in [0.1, 0.15) is 12.0 Å². The van der Waals surface area contributed by atoms with Gasteiger partial charge in [-0.25, -0.2) is 0 Å². The lowest BCUT2D eigenvalue weighted by Gasteiger charge is -2.34. The van der Waals surface area contributed by atoms with Crippen molar-refractivity contribution in [1.82, 2.24) is 15.1 Å². The molecule has 1 N–H and O–H groups in total. The average molecular weight is 365 g/mol. The number of carbonyl (C=O) groups excluding carboxylic acids is 1. The first-order chi connectivity index (χ1) is 12.7. The number of nitrogens with one attached hydrogen (secondary N) is 1. The van der Waals surface area contributed by atoms with E-state index in [-0.39, 0.29) is 5.91 Å². The van der Waals surface area contributed by atoms with E-state index in [0.717, 1.165) is 56.2 Å². The number of amides is 1. The van der Waals surface area contributed by atoms with E-state index in [4.69, 9.17) is 14.2 Å². The molecule has 0 radical (unpaired) electrons. The Hall–Kier alpha value is -1.83. The molecule has 1 aromatic carbocycles. The van der Waals surface area contributed by atoms with Gasteiger partial charge in [-0.05, 0) is 24.6 Å². The summed E-state index contributed by atoms with van der Waals surface area (Å²) in [6.45, 7) is 6.25. The van der Waals surface area contributed by atoms with Crippen LogP contribution in [0, 0.1) is 0 Å². The predicted octanol–water partition coefficient (Wildman–Crippen LogP) is 0.974. The van der Waals surface area contributed by atoms with Crippen LogP contribution in [-0.4, -0.2) is 82.9 Å². The normalized spacial score (nSPS) is 15.7. The van der Waals surface area contributed by atoms with Gasteiger partial charge in [0.25, 0.3) is 0 Å². The summed E-state index contributed by atoms with van der Waals surface area (Å²) in [5.74, 6) is 1.80. The number of nitrogens with zero attached hydrogens (tertiary/aromatic N) is 2. The molecule has 1 heterocycles. The van der Waals surface area contributed by atoms with E-state index in [1.165, 1.54) is 0 Å². The van der Waals surface area contributed by atoms with Gasteiger partial charge < -0.3 is 19.5 Å². The lowest BCUT2D eigenvalue weighted by Crippen LogP contribution is -2.49. The van der Waals surface area contributed by atoms with Crippen LogP contribution in [0.2, 0.25) is 0 Å². The largest absolute Gasteiger partial charge is 0.497 e. The molecule has 1 aliphatic heterocycles. The second-order valence-electron chi connectivity index (χ2n) is 6.43. The molecule has 7 nitrogen and oxygen atoms in total. The van der Waals surface area contributed by atoms with Crippen molar-refractivity contribution < 1.29 is 19.0 Å². The van der Waals surface area contributed by atoms with Gasteiger partial charge in [0.15, 0.2) is 0 Å². The molecule has 2 rings (SSSR count). The zero-order valence-corrected chi connectivity index (χ0v) is 16.1. The molecular formula is C19H31N3O4. The highest BCUT2D eigenvalue weighted by molar-refractivity contribution is 5.77. The monoisotopic (exact) mass is 365 g/mol. The summed E-state index contributed by atoms with van der Waals surface area (Å²) in [6, 6.07) is 5.88. The van der Waals surface area contributed by atoms with Gasteiger partial charge in [0.1, 0.15) is 11.5 Å². The topological polar surface area (TPSA) is 63.3 Å². The minimum absolute atomic E-state index is 0.0871. The van der Waals surface area contributed by atoms with Gasteiger partial charge in [-0.15, -0.1) is 0 Å². The highest BCUT2D eigenvalue weighted by atomic mass is 16.5. The Morgan fingerprint density at radius 1 is 1.08 bits per heavy atom. The molecule has 0 saturated carbocycles. The summed E-state index contributed by atoms with van der Waals surface area (Å²) in [4.78, 5) is 16.5. The molecule has 1 saturated heterocycles. The summed E-state index contributed by atoms with van der Waals surface area (Å²) in [7, 11) is 5.03. The molecule has 1 aliphatic rings. The molecule has 7 heteroatoms. The Kier molecular flexibility index (Phi) is 8.67. The number of hydrogen-bond acceptors (Lipinski definition) is 6. The highest BCUT2D eigenvalue weighted by Crippen LogP contribution is 2.25. The maximum atomic E-state index is 12.0. The van der Waals surface area contributed by atoms with Crippen LogP contribution in [0.5, 0.6) is 11.5 Å². The fraction of sp³-hybridized carbons (Fsp3) is 0.632. The second-order valence-corrected chi connectivity index (χ2v) is 6.43. The standard InChI is InChI=1S/C19H31N3O4/c1-24-12-4-7-20-19(23)15-22-10-8-21(9-11-22)14-16-13-17(25-2)5-6-18(16)26-3/h5-6,13H,4,7-12,14-15H2,1-3H3,(H,20,23). The van der Waals surface area contributed by atoms with E-state index in [9.17, 15) is 4.79 Å². The first-order valence-electron chi connectivity index (χ1n) is 9.07. The molecule has 0 aliphatic carbocycles. The van der Waals surface area contributed by atoms with Crippen molar-refractivity contribution in [1.29, 1.82) is 0 Å². The summed E-state index contributed by atoms with van der Waals surface area (Å²) in [5.41, 5.74) is 1.12. The second kappa shape index (κ2) is 11.0. The number of benzene rings is 1. The van der Waals surface area contributed by atoms with Gasteiger partial charge >= 0.3 is 0 Å². The summed E-state index contributed by atoms with van der Waals surface area (Å²) in [5, 5.41) is 2.94. The molecular weight excluding hydrogens is 334 g/mol. The van der Waals surface area contributed by atoms with Gasteiger partial charge in [0, 0.05) is 58.5 Å². The molecule has 1 fully saturated rings. The van der Waals surface area contributed by atoms with Gasteiger partial charge in [0.2, 0.25) is 5.91 Å². The smallest absolute Gasteiger partial charge is 0.234 e. The van der Waals surface area contributed by atoms with Gasteiger partial charge in [-0.3, -0.25) is 14.6 Å². The summed E-state index contributed by atoms with van der Waals surface area (Å²) in [6.07, 6.45) is 0.846. The van der Waals surface area contributed by atoms with Crippen molar-refractivity contribution >= 4 is 5.91 Å². The van der Waals surface area contributed by atoms with Gasteiger partial charge in [-0.1, -0.05) is 0 Å². The third-order valence-corrected chi connectivity index (χ3v) is 4.56. The van der Waals surface area contributed by atoms with E-state index in [1.54, 1.807) is 21.3 Å². The van der Waals surface area contributed by atoms with Crippen molar-refractivity contribution in [2.24, 2.45) is 0 Å². The first kappa shape index (κ1) is 20.5. The Bertz CT molecular complexity index is 560. The molecule has 1 amide bonds. The van der Waals surface area contributed by atoms with Crippen molar-refractivity contribution in [2.45, 2.75) is 13.0 Å². The molecule has 1 aromatic rings. The van der Waals surface area contributed by atoms with E-state index in [0.29, 0.717) is 19.7 Å². The maximum absolute atomic E-state index is 12.0. The quantitative estimate of drug-likeness (QED) is 0.624. The fourth-order valence-electron chi connectivity index (χ4n) is 3.06. The fourth-order valence-corrected chi connectivity index (χ4v) is 3.06. The first-order valence-corrected chi connectivity index (χ1v) is 9.07. The number of hydrogen-bond donors (Lipinski definition) is 1. The lowest BCUT2D eigenvalue weighted by atomic mass is 10.1. The minimum Gasteiger partial charge on any atom is -0.497 e. The number of piperazine rings is 1. The summed E-state index contributed by atoms with van der Waals surface area (Å²) < 4.78 is 15.8. The zero-order valence-electron chi connectivity index (χ0n) is 16.1. The third kappa shape index (κ3) is 6.48. The predicted molar refractivity (Wildman–Crippen MR) is 101 cm³/mol. The van der Waals surface area contributed by atoms with Crippen molar-refractivity contribution in [2.75, 3.05) is 67.2 Å². The molecule has 0 spiro atoms. The van der Waals surface area contributed by atoms with E-state index in [2.05, 4.69) is 15.1 Å². The van der Waals surface area contributed by atoms with Crippen molar-refractivity contribution in [3.8, 4) is 11.5 Å². The molecule has 146 valence electrons. The lowest BCUT2D eigenvalue weighted by molar-refractivity contribution is -0.122. The van der Waals surface area contributed by atoms with Gasteiger partial charge in [-0.2, -0.15) is 0 Å². The Balaban J connectivity index is 1.75. The number of rotatable bonds is 10. The van der Waals surface area contributed by atoms with Crippen LogP contribution in [-0.2, 0) is 16.1 Å². The van der Waals surface area contributed by atoms with Gasteiger partial charge in [0.05, 0.1) is 20.8 Å². The molecule has 0 bridgehead atoms. The molecule has 0 unspecified atom stereocenters.